The molecular weight excluding hydrogens is 347 g/mol. The number of nitrogens with zero attached hydrogens (tertiary/aromatic N) is 2. The minimum absolute atomic E-state index is 0. The molecule has 0 saturated carbocycles. The van der Waals surface area contributed by atoms with Gasteiger partial charge < -0.3 is 14.4 Å². The molecule has 0 atom stereocenters. The summed E-state index contributed by atoms with van der Waals surface area (Å²) in [7, 11) is 6.00. The number of para-hydroxylation sites is 2. The van der Waals surface area contributed by atoms with Crippen molar-refractivity contribution >= 4 is 24.8 Å². The maximum Gasteiger partial charge on any atom is 0.161 e. The molecule has 0 spiro atoms. The van der Waals surface area contributed by atoms with Gasteiger partial charge in [0.05, 0.1) is 7.11 Å². The van der Waals surface area contributed by atoms with E-state index in [1.54, 1.807) is 7.11 Å². The molecule has 0 aliphatic carbocycles. The summed E-state index contributed by atoms with van der Waals surface area (Å²) in [5.74, 6) is 2.55. The van der Waals surface area contributed by atoms with E-state index in [9.17, 15) is 0 Å². The van der Waals surface area contributed by atoms with E-state index in [1.165, 1.54) is 38.9 Å². The van der Waals surface area contributed by atoms with Gasteiger partial charge in [-0.1, -0.05) is 12.1 Å². The van der Waals surface area contributed by atoms with E-state index < -0.39 is 0 Å². The van der Waals surface area contributed by atoms with Gasteiger partial charge in [0.25, 0.3) is 0 Å². The number of hydrogen-bond acceptors (Lipinski definition) is 4. The Hall–Kier alpha value is -0.680. The van der Waals surface area contributed by atoms with E-state index in [-0.39, 0.29) is 24.8 Å². The minimum Gasteiger partial charge on any atom is -0.493 e. The van der Waals surface area contributed by atoms with E-state index in [0.29, 0.717) is 0 Å². The number of methoxy groups -OCH3 is 1. The molecular formula is C18H32Cl2N2O2. The third-order valence-corrected chi connectivity index (χ3v) is 4.43. The van der Waals surface area contributed by atoms with Crippen LogP contribution in [0.4, 0.5) is 0 Å². The Labute approximate surface area is 159 Å². The van der Waals surface area contributed by atoms with Crippen LogP contribution in [-0.4, -0.2) is 63.8 Å². The maximum atomic E-state index is 5.86. The van der Waals surface area contributed by atoms with Crippen LogP contribution in [0.25, 0.3) is 0 Å². The lowest BCUT2D eigenvalue weighted by molar-refractivity contribution is 0.146. The summed E-state index contributed by atoms with van der Waals surface area (Å²) in [5, 5.41) is 0. The van der Waals surface area contributed by atoms with Gasteiger partial charge in [0, 0.05) is 6.54 Å². The summed E-state index contributed by atoms with van der Waals surface area (Å²) in [4.78, 5) is 4.80. The van der Waals surface area contributed by atoms with Crippen molar-refractivity contribution in [2.24, 2.45) is 5.92 Å². The van der Waals surface area contributed by atoms with Crippen molar-refractivity contribution in [1.29, 1.82) is 0 Å². The van der Waals surface area contributed by atoms with Crippen molar-refractivity contribution in [1.82, 2.24) is 9.80 Å². The molecule has 140 valence electrons. The van der Waals surface area contributed by atoms with E-state index in [4.69, 9.17) is 9.47 Å². The fourth-order valence-corrected chi connectivity index (χ4v) is 2.96. The predicted octanol–water partition coefficient (Wildman–Crippen LogP) is 3.58. The number of benzene rings is 1. The van der Waals surface area contributed by atoms with Gasteiger partial charge in [0.15, 0.2) is 11.5 Å². The highest BCUT2D eigenvalue weighted by molar-refractivity contribution is 5.85. The first kappa shape index (κ1) is 23.3. The van der Waals surface area contributed by atoms with Gasteiger partial charge in [-0.3, -0.25) is 4.90 Å². The van der Waals surface area contributed by atoms with Crippen molar-refractivity contribution in [3.8, 4) is 11.5 Å². The first-order valence-electron chi connectivity index (χ1n) is 8.32. The molecule has 2 rings (SSSR count). The molecule has 0 amide bonds. The van der Waals surface area contributed by atoms with Gasteiger partial charge >= 0.3 is 0 Å². The third-order valence-electron chi connectivity index (χ3n) is 4.43. The Balaban J connectivity index is 0.00000264. The summed E-state index contributed by atoms with van der Waals surface area (Å²) in [6.07, 6.45) is 3.98. The summed E-state index contributed by atoms with van der Waals surface area (Å²) in [6, 6.07) is 7.84. The highest BCUT2D eigenvalue weighted by Crippen LogP contribution is 2.26. The van der Waals surface area contributed by atoms with Crippen LogP contribution in [0.3, 0.4) is 0 Å². The Kier molecular flexibility index (Phi) is 12.3. The monoisotopic (exact) mass is 378 g/mol. The predicted molar refractivity (Wildman–Crippen MR) is 105 cm³/mol. The molecule has 1 aliphatic rings. The Morgan fingerprint density at radius 1 is 1.08 bits per heavy atom. The topological polar surface area (TPSA) is 24.9 Å². The highest BCUT2D eigenvalue weighted by atomic mass is 35.5. The Morgan fingerprint density at radius 3 is 2.29 bits per heavy atom. The Morgan fingerprint density at radius 2 is 1.71 bits per heavy atom. The summed E-state index contributed by atoms with van der Waals surface area (Å²) in [5.41, 5.74) is 0. The molecule has 1 fully saturated rings. The smallest absolute Gasteiger partial charge is 0.161 e. The molecule has 0 radical (unpaired) electrons. The van der Waals surface area contributed by atoms with Gasteiger partial charge in [0.1, 0.15) is 6.61 Å². The summed E-state index contributed by atoms with van der Waals surface area (Å²) in [6.45, 7) is 5.34. The minimum atomic E-state index is 0. The molecule has 1 aliphatic heterocycles. The fraction of sp³-hybridized carbons (Fsp3) is 0.667. The normalized spacial score (nSPS) is 15.5. The zero-order valence-corrected chi connectivity index (χ0v) is 16.7. The number of ether oxygens (including phenoxy) is 2. The zero-order valence-electron chi connectivity index (χ0n) is 15.1. The first-order valence-corrected chi connectivity index (χ1v) is 8.32. The van der Waals surface area contributed by atoms with Gasteiger partial charge in [-0.15, -0.1) is 24.8 Å². The van der Waals surface area contributed by atoms with Crippen LogP contribution in [0.5, 0.6) is 11.5 Å². The number of piperidine rings is 1. The molecule has 0 aromatic heterocycles. The van der Waals surface area contributed by atoms with Crippen LogP contribution in [-0.2, 0) is 0 Å². The molecule has 4 nitrogen and oxygen atoms in total. The van der Waals surface area contributed by atoms with Crippen molar-refractivity contribution < 1.29 is 9.47 Å². The molecule has 0 unspecified atom stereocenters. The van der Waals surface area contributed by atoms with E-state index in [1.807, 2.05) is 24.3 Å². The molecule has 0 bridgehead atoms. The molecule has 6 heteroatoms. The van der Waals surface area contributed by atoms with Crippen LogP contribution in [0, 0.1) is 5.92 Å². The quantitative estimate of drug-likeness (QED) is 0.689. The Bertz CT molecular complexity index is 439. The second-order valence-electron chi connectivity index (χ2n) is 6.38. The lowest BCUT2D eigenvalue weighted by Gasteiger charge is -2.32. The molecule has 1 aromatic rings. The second kappa shape index (κ2) is 12.6. The number of hydrogen-bond donors (Lipinski definition) is 0. The van der Waals surface area contributed by atoms with Gasteiger partial charge in [0.2, 0.25) is 0 Å². The van der Waals surface area contributed by atoms with Crippen LogP contribution < -0.4 is 9.47 Å². The van der Waals surface area contributed by atoms with Crippen molar-refractivity contribution in [3.63, 3.8) is 0 Å². The molecule has 24 heavy (non-hydrogen) atoms. The van der Waals surface area contributed by atoms with Crippen molar-refractivity contribution in [2.45, 2.75) is 19.3 Å². The first-order chi connectivity index (χ1) is 10.7. The van der Waals surface area contributed by atoms with Crippen molar-refractivity contribution in [3.05, 3.63) is 24.3 Å². The van der Waals surface area contributed by atoms with Crippen LogP contribution >= 0.6 is 24.8 Å². The standard InChI is InChI=1S/C18H30N2O2.2ClH/c1-19(2)11-8-16-9-12-20(13-10-16)14-15-22-18-7-5-4-6-17(18)21-3;;/h4-7,16H,8-15H2,1-3H3;2*1H. The van der Waals surface area contributed by atoms with Crippen LogP contribution in [0.15, 0.2) is 24.3 Å². The fourth-order valence-electron chi connectivity index (χ4n) is 2.96. The van der Waals surface area contributed by atoms with Crippen LogP contribution in [0.1, 0.15) is 19.3 Å². The lowest BCUT2D eigenvalue weighted by Crippen LogP contribution is -2.37. The molecule has 0 N–H and O–H groups in total. The molecule has 1 heterocycles. The van der Waals surface area contributed by atoms with Crippen LogP contribution in [0.2, 0.25) is 0 Å². The van der Waals surface area contributed by atoms with Gasteiger partial charge in [-0.2, -0.15) is 0 Å². The van der Waals surface area contributed by atoms with E-state index in [0.717, 1.165) is 30.6 Å². The molecule has 1 aromatic carbocycles. The largest absolute Gasteiger partial charge is 0.493 e. The second-order valence-corrected chi connectivity index (χ2v) is 6.38. The lowest BCUT2D eigenvalue weighted by atomic mass is 9.93. The van der Waals surface area contributed by atoms with Crippen molar-refractivity contribution in [2.75, 3.05) is 54.0 Å². The summed E-state index contributed by atoms with van der Waals surface area (Å²) < 4.78 is 11.2. The van der Waals surface area contributed by atoms with Gasteiger partial charge in [-0.25, -0.2) is 0 Å². The maximum absolute atomic E-state index is 5.86. The highest BCUT2D eigenvalue weighted by Gasteiger charge is 2.19. The average molecular weight is 379 g/mol. The van der Waals surface area contributed by atoms with Gasteiger partial charge in [-0.05, 0) is 71.0 Å². The zero-order chi connectivity index (χ0) is 15.8. The number of halogens is 2. The SMILES string of the molecule is COc1ccccc1OCCN1CCC(CCN(C)C)CC1.Cl.Cl. The number of rotatable bonds is 8. The summed E-state index contributed by atoms with van der Waals surface area (Å²) >= 11 is 0. The third kappa shape index (κ3) is 7.93. The number of likely N-dealkylation sites (tertiary alicyclic amines) is 1. The van der Waals surface area contributed by atoms with E-state index in [2.05, 4.69) is 23.9 Å². The van der Waals surface area contributed by atoms with E-state index >= 15 is 0 Å². The molecule has 1 saturated heterocycles. The average Bonchev–Trinajstić information content (AvgIpc) is 2.54.